The molecule has 0 fully saturated rings. The van der Waals surface area contributed by atoms with Gasteiger partial charge >= 0.3 is 0 Å². The predicted octanol–water partition coefficient (Wildman–Crippen LogP) is 3.36. The lowest BCUT2D eigenvalue weighted by molar-refractivity contribution is -0.671. The third-order valence-corrected chi connectivity index (χ3v) is 3.40. The van der Waals surface area contributed by atoms with Gasteiger partial charge in [0.05, 0.1) is 0 Å². The van der Waals surface area contributed by atoms with E-state index in [1.54, 1.807) is 0 Å². The summed E-state index contributed by atoms with van der Waals surface area (Å²) in [4.78, 5) is 2.15. The van der Waals surface area contributed by atoms with Crippen molar-refractivity contribution in [3.8, 4) is 0 Å². The van der Waals surface area contributed by atoms with Crippen molar-refractivity contribution in [1.82, 2.24) is 0 Å². The maximum absolute atomic E-state index is 5.75. The zero-order chi connectivity index (χ0) is 14.4. The maximum atomic E-state index is 5.75. The summed E-state index contributed by atoms with van der Waals surface area (Å²) in [5.74, 6) is 0.642. The first-order valence-electron chi connectivity index (χ1n) is 6.69. The van der Waals surface area contributed by atoms with Crippen LogP contribution in [0.25, 0.3) is 12.2 Å². The van der Waals surface area contributed by atoms with E-state index >= 15 is 0 Å². The van der Waals surface area contributed by atoms with Gasteiger partial charge in [0.25, 0.3) is 0 Å². The Morgan fingerprint density at radius 3 is 2.10 bits per heavy atom. The summed E-state index contributed by atoms with van der Waals surface area (Å²) in [5.41, 5.74) is 3.59. The molecule has 2 aromatic rings. The van der Waals surface area contributed by atoms with Crippen molar-refractivity contribution in [1.29, 1.82) is 0 Å². The van der Waals surface area contributed by atoms with Crippen LogP contribution in [0.15, 0.2) is 48.8 Å². The van der Waals surface area contributed by atoms with E-state index in [-0.39, 0.29) is 0 Å². The average Bonchev–Trinajstić information content (AvgIpc) is 2.47. The van der Waals surface area contributed by atoms with E-state index in [4.69, 9.17) is 11.6 Å². The van der Waals surface area contributed by atoms with Gasteiger partial charge in [-0.2, -0.15) is 0 Å². The van der Waals surface area contributed by atoms with Gasteiger partial charge < -0.3 is 4.90 Å². The first-order valence-corrected chi connectivity index (χ1v) is 7.23. The lowest BCUT2D eigenvalue weighted by Crippen LogP contribution is -2.25. The minimum atomic E-state index is 0.642. The number of halogens is 1. The maximum Gasteiger partial charge on any atom is 0.169 e. The number of hydrogen-bond acceptors (Lipinski definition) is 1. The number of hydrogen-bond donors (Lipinski definition) is 0. The molecule has 1 aromatic heterocycles. The number of rotatable bonds is 5. The lowest BCUT2D eigenvalue weighted by Gasteiger charge is -2.17. The molecular weight excluding hydrogens is 268 g/mol. The Morgan fingerprint density at radius 1 is 1.00 bits per heavy atom. The highest BCUT2D eigenvalue weighted by atomic mass is 35.5. The van der Waals surface area contributed by atoms with E-state index in [1.165, 1.54) is 16.8 Å². The second kappa shape index (κ2) is 7.11. The summed E-state index contributed by atoms with van der Waals surface area (Å²) < 4.78 is 2.03. The monoisotopic (exact) mass is 287 g/mol. The molecule has 20 heavy (non-hydrogen) atoms. The fourth-order valence-corrected chi connectivity index (χ4v) is 2.17. The first kappa shape index (κ1) is 14.6. The summed E-state index contributed by atoms with van der Waals surface area (Å²) in [6.45, 7) is 0.859. The quantitative estimate of drug-likeness (QED) is 0.604. The number of pyridine rings is 1. The van der Waals surface area contributed by atoms with Gasteiger partial charge in [0.2, 0.25) is 0 Å². The highest BCUT2D eigenvalue weighted by Gasteiger charge is 1.99. The molecule has 0 spiro atoms. The van der Waals surface area contributed by atoms with E-state index in [9.17, 15) is 0 Å². The fourth-order valence-electron chi connectivity index (χ4n) is 1.91. The van der Waals surface area contributed by atoms with Crippen LogP contribution in [-0.4, -0.2) is 19.5 Å². The summed E-state index contributed by atoms with van der Waals surface area (Å²) in [6.07, 6.45) is 8.34. The van der Waals surface area contributed by atoms with Gasteiger partial charge in [0, 0.05) is 37.3 Å². The molecule has 0 saturated carbocycles. The Kier molecular flexibility index (Phi) is 5.19. The Morgan fingerprint density at radius 2 is 1.55 bits per heavy atom. The Balaban J connectivity index is 2.05. The van der Waals surface area contributed by atoms with Crippen LogP contribution in [0.1, 0.15) is 11.1 Å². The molecule has 2 rings (SSSR count). The van der Waals surface area contributed by atoms with Crippen LogP contribution in [0.4, 0.5) is 5.69 Å². The average molecular weight is 288 g/mol. The minimum absolute atomic E-state index is 0.642. The molecule has 104 valence electrons. The second-order valence-corrected chi connectivity index (χ2v) is 5.21. The standard InChI is InChI=1S/C17H20ClN2/c1-19-12-9-16(10-13-19)4-3-15-5-7-17(8-6-15)20(2)14-11-18/h3-10,12-13H,11,14H2,1-2H3/q+1. The van der Waals surface area contributed by atoms with Crippen molar-refractivity contribution in [3.05, 3.63) is 59.9 Å². The number of aryl methyl sites for hydroxylation is 1. The number of anilines is 1. The third-order valence-electron chi connectivity index (χ3n) is 3.23. The Labute approximate surface area is 125 Å². The fraction of sp³-hybridized carbons (Fsp3) is 0.235. The summed E-state index contributed by atoms with van der Waals surface area (Å²) in [5, 5.41) is 0. The normalized spacial score (nSPS) is 10.9. The summed E-state index contributed by atoms with van der Waals surface area (Å²) in [6, 6.07) is 12.7. The molecule has 0 aliphatic carbocycles. The SMILES string of the molecule is CN(CCCl)c1ccc(/C=C/c2cc[n+](C)cc2)cc1. The van der Waals surface area contributed by atoms with Crippen molar-refractivity contribution in [2.45, 2.75) is 0 Å². The molecule has 3 heteroatoms. The Hall–Kier alpha value is -1.80. The number of aromatic nitrogens is 1. The Bertz CT molecular complexity index is 559. The molecule has 0 unspecified atom stereocenters. The number of alkyl halides is 1. The van der Waals surface area contributed by atoms with E-state index in [0.717, 1.165) is 6.54 Å². The molecule has 1 aromatic carbocycles. The third kappa shape index (κ3) is 4.10. The molecule has 0 aliphatic rings. The van der Waals surface area contributed by atoms with Gasteiger partial charge in [-0.1, -0.05) is 24.3 Å². The highest BCUT2D eigenvalue weighted by molar-refractivity contribution is 6.18. The van der Waals surface area contributed by atoms with Crippen LogP contribution in [-0.2, 0) is 7.05 Å². The molecular formula is C17H20ClN2+. The molecule has 0 amide bonds. The van der Waals surface area contributed by atoms with Crippen LogP contribution in [0, 0.1) is 0 Å². The predicted molar refractivity (Wildman–Crippen MR) is 87.0 cm³/mol. The van der Waals surface area contributed by atoms with Gasteiger partial charge in [-0.3, -0.25) is 0 Å². The number of benzene rings is 1. The zero-order valence-electron chi connectivity index (χ0n) is 12.0. The molecule has 0 saturated heterocycles. The molecule has 0 atom stereocenters. The van der Waals surface area contributed by atoms with E-state index < -0.39 is 0 Å². The molecule has 0 N–H and O–H groups in total. The summed E-state index contributed by atoms with van der Waals surface area (Å²) >= 11 is 5.75. The summed E-state index contributed by atoms with van der Waals surface area (Å²) in [7, 11) is 4.07. The van der Waals surface area contributed by atoms with E-state index in [0.29, 0.717) is 5.88 Å². The van der Waals surface area contributed by atoms with Crippen molar-refractivity contribution >= 4 is 29.4 Å². The van der Waals surface area contributed by atoms with Crippen LogP contribution in [0.3, 0.4) is 0 Å². The van der Waals surface area contributed by atoms with Gasteiger partial charge in [-0.05, 0) is 23.3 Å². The van der Waals surface area contributed by atoms with Gasteiger partial charge in [-0.15, -0.1) is 11.6 Å². The van der Waals surface area contributed by atoms with E-state index in [1.807, 2.05) is 24.0 Å². The molecule has 0 radical (unpaired) electrons. The first-order chi connectivity index (χ1) is 9.69. The van der Waals surface area contributed by atoms with Crippen LogP contribution < -0.4 is 9.47 Å². The van der Waals surface area contributed by atoms with Crippen molar-refractivity contribution in [2.75, 3.05) is 24.4 Å². The van der Waals surface area contributed by atoms with Crippen molar-refractivity contribution < 1.29 is 4.57 Å². The van der Waals surface area contributed by atoms with Crippen molar-refractivity contribution in [2.24, 2.45) is 7.05 Å². The van der Waals surface area contributed by atoms with Gasteiger partial charge in [0.15, 0.2) is 12.4 Å². The van der Waals surface area contributed by atoms with E-state index in [2.05, 4.69) is 60.5 Å². The van der Waals surface area contributed by atoms with Crippen molar-refractivity contribution in [3.63, 3.8) is 0 Å². The minimum Gasteiger partial charge on any atom is -0.373 e. The van der Waals surface area contributed by atoms with Gasteiger partial charge in [-0.25, -0.2) is 4.57 Å². The molecule has 1 heterocycles. The number of nitrogens with zero attached hydrogens (tertiary/aromatic N) is 2. The molecule has 0 aliphatic heterocycles. The zero-order valence-corrected chi connectivity index (χ0v) is 12.7. The largest absolute Gasteiger partial charge is 0.373 e. The second-order valence-electron chi connectivity index (χ2n) is 4.83. The lowest BCUT2D eigenvalue weighted by atomic mass is 10.1. The topological polar surface area (TPSA) is 7.12 Å². The van der Waals surface area contributed by atoms with Gasteiger partial charge in [0.1, 0.15) is 7.05 Å². The van der Waals surface area contributed by atoms with Crippen LogP contribution in [0.5, 0.6) is 0 Å². The van der Waals surface area contributed by atoms with Crippen LogP contribution >= 0.6 is 11.6 Å². The highest BCUT2D eigenvalue weighted by Crippen LogP contribution is 2.15. The smallest absolute Gasteiger partial charge is 0.169 e. The van der Waals surface area contributed by atoms with Crippen LogP contribution in [0.2, 0.25) is 0 Å². The molecule has 0 bridgehead atoms. The molecule has 2 nitrogen and oxygen atoms in total.